The Bertz CT molecular complexity index is 1010. The molecule has 144 valence electrons. The molecule has 0 aliphatic carbocycles. The van der Waals surface area contributed by atoms with Crippen molar-refractivity contribution in [1.82, 2.24) is 24.6 Å². The molecule has 0 bridgehead atoms. The van der Waals surface area contributed by atoms with Crippen molar-refractivity contribution in [2.24, 2.45) is 0 Å². The number of nitrogens with zero attached hydrogens (tertiary/aromatic N) is 5. The minimum Gasteiger partial charge on any atom is -0.339 e. The maximum Gasteiger partial charge on any atom is 0.275 e. The summed E-state index contributed by atoms with van der Waals surface area (Å²) in [4.78, 5) is 33.7. The van der Waals surface area contributed by atoms with E-state index in [9.17, 15) is 9.59 Å². The Morgan fingerprint density at radius 3 is 2.57 bits per heavy atom. The molecular weight excluding hydrogens is 354 g/mol. The zero-order valence-electron chi connectivity index (χ0n) is 15.7. The maximum absolute atomic E-state index is 12.6. The number of carbonyl (C=O) groups excluding carboxylic acids is 1. The Hall–Kier alpha value is -3.06. The number of pyridine rings is 1. The van der Waals surface area contributed by atoms with Gasteiger partial charge in [0.25, 0.3) is 5.56 Å². The molecule has 1 aliphatic rings. The molecule has 0 spiro atoms. The number of amides is 1. The Balaban J connectivity index is 1.32. The highest BCUT2D eigenvalue weighted by Gasteiger charge is 2.21. The fourth-order valence-corrected chi connectivity index (χ4v) is 3.51. The summed E-state index contributed by atoms with van der Waals surface area (Å²) >= 11 is 0. The van der Waals surface area contributed by atoms with Gasteiger partial charge < -0.3 is 4.90 Å². The van der Waals surface area contributed by atoms with Gasteiger partial charge in [0.2, 0.25) is 5.91 Å². The summed E-state index contributed by atoms with van der Waals surface area (Å²) in [5.74, 6) is -0.0609. The lowest BCUT2D eigenvalue weighted by Gasteiger charge is -2.34. The normalized spacial score (nSPS) is 15.1. The summed E-state index contributed by atoms with van der Waals surface area (Å²) in [6.07, 6.45) is 4.36. The average molecular weight is 377 g/mol. The van der Waals surface area contributed by atoms with E-state index in [2.05, 4.69) is 15.0 Å². The molecular formula is C21H23N5O2. The minimum absolute atomic E-state index is 0.0163. The molecule has 1 amide bonds. The molecule has 0 radical (unpaired) electrons. The summed E-state index contributed by atoms with van der Waals surface area (Å²) in [7, 11) is 0. The van der Waals surface area contributed by atoms with Gasteiger partial charge in [-0.25, -0.2) is 4.68 Å². The summed E-state index contributed by atoms with van der Waals surface area (Å²) in [5, 5.41) is 5.54. The largest absolute Gasteiger partial charge is 0.339 e. The second-order valence-electron chi connectivity index (χ2n) is 6.99. The van der Waals surface area contributed by atoms with Gasteiger partial charge in [0, 0.05) is 56.4 Å². The molecule has 3 aromatic rings. The fraction of sp³-hybridized carbons (Fsp3) is 0.333. The van der Waals surface area contributed by atoms with E-state index in [1.807, 2.05) is 47.5 Å². The zero-order chi connectivity index (χ0) is 19.3. The fourth-order valence-electron chi connectivity index (χ4n) is 3.51. The molecule has 0 saturated carbocycles. The monoisotopic (exact) mass is 377 g/mol. The van der Waals surface area contributed by atoms with Crippen LogP contribution in [-0.4, -0.2) is 63.2 Å². The van der Waals surface area contributed by atoms with Crippen LogP contribution in [0.5, 0.6) is 0 Å². The number of carbonyl (C=O) groups is 1. The molecule has 7 nitrogen and oxygen atoms in total. The third-order valence-corrected chi connectivity index (χ3v) is 5.18. The number of rotatable bonds is 5. The van der Waals surface area contributed by atoms with Gasteiger partial charge in [0.1, 0.15) is 6.54 Å². The summed E-state index contributed by atoms with van der Waals surface area (Å²) < 4.78 is 1.26. The van der Waals surface area contributed by atoms with Gasteiger partial charge >= 0.3 is 0 Å². The second-order valence-corrected chi connectivity index (χ2v) is 6.99. The molecule has 1 saturated heterocycles. The Kier molecular flexibility index (Phi) is 5.43. The first-order chi connectivity index (χ1) is 13.7. The highest BCUT2D eigenvalue weighted by molar-refractivity contribution is 5.81. The number of aromatic nitrogens is 3. The average Bonchev–Trinajstić information content (AvgIpc) is 2.75. The number of hydrogen-bond acceptors (Lipinski definition) is 5. The zero-order valence-corrected chi connectivity index (χ0v) is 15.7. The second kappa shape index (κ2) is 8.31. The minimum atomic E-state index is -0.222. The maximum atomic E-state index is 12.6. The van der Waals surface area contributed by atoms with Gasteiger partial charge in [-0.2, -0.15) is 5.10 Å². The summed E-state index contributed by atoms with van der Waals surface area (Å²) in [6.45, 7) is 3.92. The van der Waals surface area contributed by atoms with Crippen LogP contribution < -0.4 is 5.56 Å². The first-order valence-electron chi connectivity index (χ1n) is 9.55. The van der Waals surface area contributed by atoms with E-state index >= 15 is 0 Å². The highest BCUT2D eigenvalue weighted by Crippen LogP contribution is 2.08. The lowest BCUT2D eigenvalue weighted by molar-refractivity contribution is -0.133. The van der Waals surface area contributed by atoms with E-state index in [1.54, 1.807) is 12.3 Å². The van der Waals surface area contributed by atoms with Gasteiger partial charge in [-0.1, -0.05) is 24.3 Å². The van der Waals surface area contributed by atoms with E-state index in [0.29, 0.717) is 18.5 Å². The lowest BCUT2D eigenvalue weighted by atomic mass is 10.2. The van der Waals surface area contributed by atoms with Crippen molar-refractivity contribution >= 4 is 16.7 Å². The number of benzene rings is 1. The quantitative estimate of drug-likeness (QED) is 0.668. The van der Waals surface area contributed by atoms with Gasteiger partial charge in [-0.15, -0.1) is 0 Å². The highest BCUT2D eigenvalue weighted by atomic mass is 16.2. The van der Waals surface area contributed by atoms with Crippen LogP contribution in [0.1, 0.15) is 5.69 Å². The molecule has 28 heavy (non-hydrogen) atoms. The Morgan fingerprint density at radius 1 is 1.00 bits per heavy atom. The standard InChI is InChI=1S/C21H23N5O2/c27-20(16-26-21(28)19-7-2-1-5-17(19)15-23-26)25-13-11-24(12-14-25)10-8-18-6-3-4-9-22-18/h1-7,9,15H,8,10-14,16H2. The molecule has 3 heterocycles. The van der Waals surface area contributed by atoms with Crippen LogP contribution in [0.4, 0.5) is 0 Å². The predicted molar refractivity (Wildman–Crippen MR) is 107 cm³/mol. The Labute approximate surface area is 163 Å². The van der Waals surface area contributed by atoms with Crippen molar-refractivity contribution < 1.29 is 4.79 Å². The van der Waals surface area contributed by atoms with Crippen LogP contribution in [0, 0.1) is 0 Å². The predicted octanol–water partition coefficient (Wildman–Crippen LogP) is 1.18. The van der Waals surface area contributed by atoms with Crippen LogP contribution in [0.3, 0.4) is 0 Å². The smallest absolute Gasteiger partial charge is 0.275 e. The number of hydrogen-bond donors (Lipinski definition) is 0. The van der Waals surface area contributed by atoms with Crippen molar-refractivity contribution in [3.63, 3.8) is 0 Å². The van der Waals surface area contributed by atoms with Crippen LogP contribution in [-0.2, 0) is 17.8 Å². The van der Waals surface area contributed by atoms with Crippen LogP contribution in [0.25, 0.3) is 10.8 Å². The van der Waals surface area contributed by atoms with E-state index in [-0.39, 0.29) is 18.0 Å². The van der Waals surface area contributed by atoms with Crippen LogP contribution in [0.2, 0.25) is 0 Å². The van der Waals surface area contributed by atoms with Crippen molar-refractivity contribution in [1.29, 1.82) is 0 Å². The molecule has 2 aromatic heterocycles. The first-order valence-corrected chi connectivity index (χ1v) is 9.55. The van der Waals surface area contributed by atoms with Crippen molar-refractivity contribution in [3.8, 4) is 0 Å². The van der Waals surface area contributed by atoms with E-state index in [0.717, 1.165) is 37.1 Å². The molecule has 1 aliphatic heterocycles. The summed E-state index contributed by atoms with van der Waals surface area (Å²) in [6, 6.07) is 13.3. The molecule has 7 heteroatoms. The topological polar surface area (TPSA) is 71.3 Å². The third-order valence-electron chi connectivity index (χ3n) is 5.18. The number of piperazine rings is 1. The van der Waals surface area contributed by atoms with Gasteiger partial charge in [-0.05, 0) is 18.2 Å². The van der Waals surface area contributed by atoms with Crippen molar-refractivity contribution in [3.05, 3.63) is 70.9 Å². The lowest BCUT2D eigenvalue weighted by Crippen LogP contribution is -2.50. The van der Waals surface area contributed by atoms with E-state index < -0.39 is 0 Å². The molecule has 1 aromatic carbocycles. The molecule has 0 atom stereocenters. The van der Waals surface area contributed by atoms with Gasteiger partial charge in [0.15, 0.2) is 0 Å². The molecule has 0 N–H and O–H groups in total. The summed E-state index contributed by atoms with van der Waals surface area (Å²) in [5.41, 5.74) is 0.864. The Morgan fingerprint density at radius 2 is 1.79 bits per heavy atom. The van der Waals surface area contributed by atoms with Gasteiger partial charge in [-0.3, -0.25) is 19.5 Å². The van der Waals surface area contributed by atoms with Crippen molar-refractivity contribution in [2.45, 2.75) is 13.0 Å². The third kappa shape index (κ3) is 4.09. The van der Waals surface area contributed by atoms with Crippen LogP contribution in [0.15, 0.2) is 59.7 Å². The van der Waals surface area contributed by atoms with Crippen LogP contribution >= 0.6 is 0 Å². The number of fused-ring (bicyclic) bond motifs is 1. The van der Waals surface area contributed by atoms with E-state index in [4.69, 9.17) is 0 Å². The SMILES string of the molecule is O=C(Cn1ncc2ccccc2c1=O)N1CCN(CCc2ccccn2)CC1. The molecule has 4 rings (SSSR count). The molecule has 1 fully saturated rings. The molecule has 0 unspecified atom stereocenters. The first kappa shape index (κ1) is 18.3. The van der Waals surface area contributed by atoms with E-state index in [1.165, 1.54) is 4.68 Å². The van der Waals surface area contributed by atoms with Gasteiger partial charge in [0.05, 0.1) is 11.6 Å². The van der Waals surface area contributed by atoms with Crippen molar-refractivity contribution in [2.75, 3.05) is 32.7 Å².